The first-order valence-corrected chi connectivity index (χ1v) is 4.38. The van der Waals surface area contributed by atoms with Crippen molar-refractivity contribution in [3.8, 4) is 0 Å². The molecule has 0 saturated carbocycles. The first-order chi connectivity index (χ1) is 6.54. The Kier molecular flexibility index (Phi) is 2.10. The van der Waals surface area contributed by atoms with Crippen LogP contribution in [0.25, 0.3) is 0 Å². The summed E-state index contributed by atoms with van der Waals surface area (Å²) in [6.07, 6.45) is 2.39. The number of hydrogen-bond donors (Lipinski definition) is 1. The highest BCUT2D eigenvalue weighted by Gasteiger charge is 2.48. The third-order valence-electron chi connectivity index (χ3n) is 2.35. The molecule has 0 aromatic rings. The Bertz CT molecular complexity index is 258. The summed E-state index contributed by atoms with van der Waals surface area (Å²) >= 11 is 0. The molecule has 5 nitrogen and oxygen atoms in total. The summed E-state index contributed by atoms with van der Waals surface area (Å²) in [6, 6.07) is 0. The van der Waals surface area contributed by atoms with Crippen molar-refractivity contribution in [2.45, 2.75) is 18.3 Å². The maximum Gasteiger partial charge on any atom is 0.328 e. The van der Waals surface area contributed by atoms with E-state index in [0.29, 0.717) is 13.2 Å². The molecule has 3 fully saturated rings. The smallest absolute Gasteiger partial charge is 0.328 e. The van der Waals surface area contributed by atoms with Crippen LogP contribution >= 0.6 is 0 Å². The molecule has 2 bridgehead atoms. The molecule has 0 amide bonds. The number of ether oxygens (including phenoxy) is 3. The van der Waals surface area contributed by atoms with E-state index in [4.69, 9.17) is 19.3 Å². The molecule has 0 aromatic heterocycles. The van der Waals surface area contributed by atoms with Crippen LogP contribution in [0.2, 0.25) is 0 Å². The number of carboxylic acids is 1. The highest BCUT2D eigenvalue weighted by Crippen LogP contribution is 2.34. The zero-order valence-electron chi connectivity index (χ0n) is 7.86. The van der Waals surface area contributed by atoms with E-state index in [1.54, 1.807) is 0 Å². The van der Waals surface area contributed by atoms with Gasteiger partial charge in [-0.3, -0.25) is 0 Å². The van der Waals surface area contributed by atoms with E-state index >= 15 is 0 Å². The molecule has 14 heavy (non-hydrogen) atoms. The van der Waals surface area contributed by atoms with Gasteiger partial charge in [-0.1, -0.05) is 0 Å². The molecule has 1 N–H and O–H groups in total. The molecular weight excluding hydrogens is 188 g/mol. The Hall–Kier alpha value is -0.910. The van der Waals surface area contributed by atoms with Crippen LogP contribution in [0.15, 0.2) is 12.2 Å². The molecule has 5 heteroatoms. The van der Waals surface area contributed by atoms with Crippen molar-refractivity contribution in [3.63, 3.8) is 0 Å². The van der Waals surface area contributed by atoms with Gasteiger partial charge in [0.15, 0.2) is 0 Å². The Morgan fingerprint density at radius 3 is 2.36 bits per heavy atom. The average molecular weight is 200 g/mol. The van der Waals surface area contributed by atoms with Crippen molar-refractivity contribution < 1.29 is 24.1 Å². The van der Waals surface area contributed by atoms with Crippen LogP contribution in [0.4, 0.5) is 0 Å². The van der Waals surface area contributed by atoms with Gasteiger partial charge < -0.3 is 19.3 Å². The third-order valence-corrected chi connectivity index (χ3v) is 2.35. The SMILES string of the molecule is CC12COC(C=CC(=O)O)(CO1)OC2. The fourth-order valence-electron chi connectivity index (χ4n) is 1.42. The Morgan fingerprint density at radius 2 is 1.93 bits per heavy atom. The Balaban J connectivity index is 2.08. The largest absolute Gasteiger partial charge is 0.478 e. The van der Waals surface area contributed by atoms with Crippen LogP contribution in [0, 0.1) is 0 Å². The van der Waals surface area contributed by atoms with E-state index in [1.165, 1.54) is 6.08 Å². The van der Waals surface area contributed by atoms with Crippen molar-refractivity contribution in [2.24, 2.45) is 0 Å². The summed E-state index contributed by atoms with van der Waals surface area (Å²) in [6.45, 7) is 3.00. The molecule has 3 rings (SSSR count). The average Bonchev–Trinajstić information content (AvgIpc) is 2.17. The molecule has 0 aromatic carbocycles. The summed E-state index contributed by atoms with van der Waals surface area (Å²) in [4.78, 5) is 10.3. The fraction of sp³-hybridized carbons (Fsp3) is 0.667. The second-order valence-electron chi connectivity index (χ2n) is 3.80. The zero-order chi connectivity index (χ0) is 10.2. The molecular formula is C9H12O5. The van der Waals surface area contributed by atoms with Crippen molar-refractivity contribution in [1.29, 1.82) is 0 Å². The van der Waals surface area contributed by atoms with Gasteiger partial charge in [0.25, 0.3) is 0 Å². The topological polar surface area (TPSA) is 65.0 Å². The van der Waals surface area contributed by atoms with Crippen molar-refractivity contribution in [2.75, 3.05) is 19.8 Å². The van der Waals surface area contributed by atoms with E-state index in [-0.39, 0.29) is 12.2 Å². The number of rotatable bonds is 2. The summed E-state index contributed by atoms with van der Waals surface area (Å²) in [5.41, 5.74) is -0.376. The van der Waals surface area contributed by atoms with E-state index in [1.807, 2.05) is 6.92 Å². The standard InChI is InChI=1S/C9H12O5/c1-8-4-13-9(6-12-8,14-5-8)3-2-7(10)11/h2-3H,4-6H2,1H3,(H,10,11). The lowest BCUT2D eigenvalue weighted by Crippen LogP contribution is -2.61. The van der Waals surface area contributed by atoms with Crippen LogP contribution in [0.3, 0.4) is 0 Å². The third kappa shape index (κ3) is 1.66. The molecule has 3 heterocycles. The molecule has 3 saturated heterocycles. The predicted molar refractivity (Wildman–Crippen MR) is 45.8 cm³/mol. The van der Waals surface area contributed by atoms with Gasteiger partial charge in [-0.15, -0.1) is 0 Å². The van der Waals surface area contributed by atoms with Crippen molar-refractivity contribution in [3.05, 3.63) is 12.2 Å². The van der Waals surface area contributed by atoms with Crippen molar-refractivity contribution in [1.82, 2.24) is 0 Å². The van der Waals surface area contributed by atoms with Gasteiger partial charge in [-0.2, -0.15) is 0 Å². The minimum atomic E-state index is -1.02. The highest BCUT2D eigenvalue weighted by molar-refractivity contribution is 5.79. The van der Waals surface area contributed by atoms with Gasteiger partial charge in [-0.25, -0.2) is 4.79 Å². The second-order valence-corrected chi connectivity index (χ2v) is 3.80. The van der Waals surface area contributed by atoms with Gasteiger partial charge in [-0.05, 0) is 13.0 Å². The molecule has 3 aliphatic heterocycles. The highest BCUT2D eigenvalue weighted by atomic mass is 16.8. The molecule has 0 unspecified atom stereocenters. The summed E-state index contributed by atoms with van der Waals surface area (Å²) < 4.78 is 16.3. The fourth-order valence-corrected chi connectivity index (χ4v) is 1.42. The van der Waals surface area contributed by atoms with E-state index in [0.717, 1.165) is 6.08 Å². The van der Waals surface area contributed by atoms with Crippen LogP contribution in [0.1, 0.15) is 6.92 Å². The van der Waals surface area contributed by atoms with Crippen LogP contribution in [-0.4, -0.2) is 42.3 Å². The summed E-state index contributed by atoms with van der Waals surface area (Å²) in [5.74, 6) is -2.01. The number of carboxylic acid groups (broad SMARTS) is 1. The predicted octanol–water partition coefficient (Wildman–Crippen LogP) is 0.159. The van der Waals surface area contributed by atoms with Crippen LogP contribution in [-0.2, 0) is 19.0 Å². The first kappa shape index (κ1) is 9.64. The van der Waals surface area contributed by atoms with E-state index in [2.05, 4.69) is 0 Å². The minimum Gasteiger partial charge on any atom is -0.478 e. The lowest BCUT2D eigenvalue weighted by atomic mass is 10.0. The number of hydrogen-bond acceptors (Lipinski definition) is 4. The van der Waals surface area contributed by atoms with Gasteiger partial charge in [0.2, 0.25) is 5.79 Å². The lowest BCUT2D eigenvalue weighted by Gasteiger charge is -2.49. The van der Waals surface area contributed by atoms with Gasteiger partial charge >= 0.3 is 5.97 Å². The zero-order valence-corrected chi connectivity index (χ0v) is 7.86. The normalized spacial score (nSPS) is 41.8. The summed E-state index contributed by atoms with van der Waals surface area (Å²) in [5, 5.41) is 8.48. The Morgan fingerprint density at radius 1 is 1.29 bits per heavy atom. The lowest BCUT2D eigenvalue weighted by molar-refractivity contribution is -0.372. The molecule has 0 atom stereocenters. The molecule has 3 aliphatic rings. The van der Waals surface area contributed by atoms with Crippen LogP contribution in [0.5, 0.6) is 0 Å². The monoisotopic (exact) mass is 200 g/mol. The quantitative estimate of drug-likeness (QED) is 0.643. The number of fused-ring (bicyclic) bond motifs is 3. The van der Waals surface area contributed by atoms with E-state index in [9.17, 15) is 4.79 Å². The first-order valence-electron chi connectivity index (χ1n) is 4.38. The van der Waals surface area contributed by atoms with E-state index < -0.39 is 11.8 Å². The number of aliphatic carboxylic acids is 1. The maximum absolute atomic E-state index is 10.3. The maximum atomic E-state index is 10.3. The Labute approximate surface area is 81.3 Å². The molecule has 0 spiro atoms. The molecule has 0 aliphatic carbocycles. The van der Waals surface area contributed by atoms with Gasteiger partial charge in [0.1, 0.15) is 12.2 Å². The molecule has 0 radical (unpaired) electrons. The second kappa shape index (κ2) is 3.05. The van der Waals surface area contributed by atoms with Gasteiger partial charge in [0, 0.05) is 6.08 Å². The van der Waals surface area contributed by atoms with Crippen LogP contribution < -0.4 is 0 Å². The molecule has 78 valence electrons. The summed E-state index contributed by atoms with van der Waals surface area (Å²) in [7, 11) is 0. The van der Waals surface area contributed by atoms with Crippen molar-refractivity contribution >= 4 is 5.97 Å². The minimum absolute atomic E-state index is 0.243. The van der Waals surface area contributed by atoms with Gasteiger partial charge in [0.05, 0.1) is 13.2 Å². The number of carbonyl (C=O) groups is 1.